The molecule has 7 heteroatoms. The first-order chi connectivity index (χ1) is 13.6. The fourth-order valence-electron chi connectivity index (χ4n) is 4.21. The Labute approximate surface area is 168 Å². The molecule has 1 aromatic carbocycles. The number of pyridine rings is 1. The summed E-state index contributed by atoms with van der Waals surface area (Å²) >= 11 is 5.94. The molecular formula is C21H22ClN3O3. The Morgan fingerprint density at radius 3 is 2.61 bits per heavy atom. The summed E-state index contributed by atoms with van der Waals surface area (Å²) in [6, 6.07) is 10.5. The fourth-order valence-corrected chi connectivity index (χ4v) is 4.34. The number of ether oxygens (including phenoxy) is 1. The summed E-state index contributed by atoms with van der Waals surface area (Å²) in [5.74, 6) is -0.423. The average Bonchev–Trinajstić information content (AvgIpc) is 3.08. The molecule has 0 radical (unpaired) electrons. The summed E-state index contributed by atoms with van der Waals surface area (Å²) in [7, 11) is 0. The van der Waals surface area contributed by atoms with Crippen LogP contribution in [-0.4, -0.2) is 48.0 Å². The summed E-state index contributed by atoms with van der Waals surface area (Å²) in [6.45, 7) is 2.18. The van der Waals surface area contributed by atoms with Gasteiger partial charge in [-0.1, -0.05) is 11.6 Å². The molecule has 146 valence electrons. The van der Waals surface area contributed by atoms with E-state index in [4.69, 9.17) is 16.3 Å². The molecule has 28 heavy (non-hydrogen) atoms. The first-order valence-electron chi connectivity index (χ1n) is 9.41. The number of benzene rings is 1. The zero-order valence-corrected chi connectivity index (χ0v) is 16.2. The Hall–Kier alpha value is -2.44. The number of anilines is 1. The second kappa shape index (κ2) is 7.89. The first kappa shape index (κ1) is 18.9. The van der Waals surface area contributed by atoms with Crippen molar-refractivity contribution in [3.8, 4) is 0 Å². The standard InChI is InChI=1S/C21H22ClN3O3/c22-16-5-3-15(4-6-16)20(27)25-13-18(21(14-25)7-10-28-11-8-21)19(26)24-17-2-1-9-23-12-17/h1-6,9,12,18H,7-8,10-11,13-14H2,(H,24,26)/t18-/m0/s1. The van der Waals surface area contributed by atoms with E-state index in [-0.39, 0.29) is 23.1 Å². The molecule has 2 fully saturated rings. The molecule has 1 atom stereocenters. The molecule has 2 saturated heterocycles. The lowest BCUT2D eigenvalue weighted by molar-refractivity contribution is -0.124. The molecule has 2 amide bonds. The SMILES string of the molecule is O=C(Nc1cccnc1)[C@@H]1CN(C(=O)c2ccc(Cl)cc2)CC12CCOCC2. The van der Waals surface area contributed by atoms with E-state index >= 15 is 0 Å². The van der Waals surface area contributed by atoms with Crippen LogP contribution in [0, 0.1) is 11.3 Å². The molecule has 0 unspecified atom stereocenters. The van der Waals surface area contributed by atoms with Crippen LogP contribution in [0.4, 0.5) is 5.69 Å². The third-order valence-corrected chi connectivity index (χ3v) is 6.01. The first-order valence-corrected chi connectivity index (χ1v) is 9.79. The molecule has 6 nitrogen and oxygen atoms in total. The van der Waals surface area contributed by atoms with Gasteiger partial charge in [-0.2, -0.15) is 0 Å². The maximum absolute atomic E-state index is 13.1. The molecule has 0 bridgehead atoms. The van der Waals surface area contributed by atoms with Gasteiger partial charge in [-0.3, -0.25) is 14.6 Å². The lowest BCUT2D eigenvalue weighted by Gasteiger charge is -2.37. The van der Waals surface area contributed by atoms with Crippen LogP contribution in [0.2, 0.25) is 5.02 Å². The number of carbonyl (C=O) groups is 2. The second-order valence-electron chi connectivity index (χ2n) is 7.45. The highest BCUT2D eigenvalue weighted by atomic mass is 35.5. The van der Waals surface area contributed by atoms with Crippen molar-refractivity contribution in [3.63, 3.8) is 0 Å². The number of aromatic nitrogens is 1. The highest BCUT2D eigenvalue weighted by Gasteiger charge is 2.51. The molecule has 3 heterocycles. The van der Waals surface area contributed by atoms with Gasteiger partial charge in [0.25, 0.3) is 5.91 Å². The van der Waals surface area contributed by atoms with Gasteiger partial charge in [0.1, 0.15) is 0 Å². The van der Waals surface area contributed by atoms with Gasteiger partial charge in [-0.25, -0.2) is 0 Å². The number of likely N-dealkylation sites (tertiary alicyclic amines) is 1. The van der Waals surface area contributed by atoms with Crippen molar-refractivity contribution in [2.75, 3.05) is 31.6 Å². The topological polar surface area (TPSA) is 71.5 Å². The Balaban J connectivity index is 1.56. The van der Waals surface area contributed by atoms with E-state index in [1.165, 1.54) is 0 Å². The monoisotopic (exact) mass is 399 g/mol. The minimum Gasteiger partial charge on any atom is -0.381 e. The number of nitrogens with one attached hydrogen (secondary N) is 1. The third-order valence-electron chi connectivity index (χ3n) is 5.76. The normalized spacial score (nSPS) is 20.9. The molecule has 1 N–H and O–H groups in total. The van der Waals surface area contributed by atoms with Gasteiger partial charge in [0.15, 0.2) is 0 Å². The zero-order chi connectivity index (χ0) is 19.6. The Morgan fingerprint density at radius 2 is 1.93 bits per heavy atom. The smallest absolute Gasteiger partial charge is 0.253 e. The van der Waals surface area contributed by atoms with Gasteiger partial charge >= 0.3 is 0 Å². The van der Waals surface area contributed by atoms with E-state index < -0.39 is 0 Å². The van der Waals surface area contributed by atoms with Gasteiger partial charge in [0, 0.05) is 48.5 Å². The van der Waals surface area contributed by atoms with Crippen LogP contribution in [0.15, 0.2) is 48.8 Å². The van der Waals surface area contributed by atoms with Crippen molar-refractivity contribution < 1.29 is 14.3 Å². The number of hydrogen-bond donors (Lipinski definition) is 1. The molecule has 0 aliphatic carbocycles. The molecular weight excluding hydrogens is 378 g/mol. The van der Waals surface area contributed by atoms with Gasteiger partial charge in [0.2, 0.25) is 5.91 Å². The van der Waals surface area contributed by atoms with Crippen molar-refractivity contribution in [2.45, 2.75) is 12.8 Å². The largest absolute Gasteiger partial charge is 0.381 e. The van der Waals surface area contributed by atoms with Crippen molar-refractivity contribution in [2.24, 2.45) is 11.3 Å². The Morgan fingerprint density at radius 1 is 1.18 bits per heavy atom. The summed E-state index contributed by atoms with van der Waals surface area (Å²) in [6.07, 6.45) is 4.82. The molecule has 2 aliphatic rings. The number of hydrogen-bond acceptors (Lipinski definition) is 4. The molecule has 2 aliphatic heterocycles. The van der Waals surface area contributed by atoms with Crippen LogP contribution >= 0.6 is 11.6 Å². The Bertz CT molecular complexity index is 851. The van der Waals surface area contributed by atoms with E-state index in [1.807, 2.05) is 6.07 Å². The summed E-state index contributed by atoms with van der Waals surface area (Å²) in [5.41, 5.74) is 0.990. The van der Waals surface area contributed by atoms with Crippen molar-refractivity contribution in [1.82, 2.24) is 9.88 Å². The Kier molecular flexibility index (Phi) is 5.33. The lowest BCUT2D eigenvalue weighted by atomic mass is 9.71. The average molecular weight is 400 g/mol. The van der Waals surface area contributed by atoms with Crippen LogP contribution in [0.5, 0.6) is 0 Å². The fraction of sp³-hybridized carbons (Fsp3) is 0.381. The van der Waals surface area contributed by atoms with Crippen molar-refractivity contribution in [3.05, 3.63) is 59.4 Å². The number of amides is 2. The van der Waals surface area contributed by atoms with E-state index in [1.54, 1.807) is 47.6 Å². The predicted octanol–water partition coefficient (Wildman–Crippen LogP) is 3.24. The quantitative estimate of drug-likeness (QED) is 0.860. The van der Waals surface area contributed by atoms with Gasteiger partial charge in [-0.15, -0.1) is 0 Å². The van der Waals surface area contributed by atoms with E-state index in [0.717, 1.165) is 12.8 Å². The van der Waals surface area contributed by atoms with E-state index in [0.29, 0.717) is 42.6 Å². The second-order valence-corrected chi connectivity index (χ2v) is 7.89. The van der Waals surface area contributed by atoms with E-state index in [2.05, 4.69) is 10.3 Å². The third kappa shape index (κ3) is 3.75. The van der Waals surface area contributed by atoms with Crippen molar-refractivity contribution in [1.29, 1.82) is 0 Å². The van der Waals surface area contributed by atoms with Crippen LogP contribution < -0.4 is 5.32 Å². The number of halogens is 1. The van der Waals surface area contributed by atoms with Crippen molar-refractivity contribution >= 4 is 29.1 Å². The van der Waals surface area contributed by atoms with Crippen LogP contribution in [0.3, 0.4) is 0 Å². The minimum atomic E-state index is -0.284. The minimum absolute atomic E-state index is 0.0682. The van der Waals surface area contributed by atoms with Crippen LogP contribution in [0.25, 0.3) is 0 Å². The molecule has 1 aromatic heterocycles. The molecule has 2 aromatic rings. The predicted molar refractivity (Wildman–Crippen MR) is 106 cm³/mol. The van der Waals surface area contributed by atoms with Crippen LogP contribution in [0.1, 0.15) is 23.2 Å². The summed E-state index contributed by atoms with van der Waals surface area (Å²) in [4.78, 5) is 32.0. The molecule has 4 rings (SSSR count). The molecule has 1 spiro atoms. The summed E-state index contributed by atoms with van der Waals surface area (Å²) in [5, 5.41) is 3.55. The molecule has 0 saturated carbocycles. The van der Waals surface area contributed by atoms with Gasteiger partial charge in [-0.05, 0) is 49.2 Å². The number of rotatable bonds is 3. The van der Waals surface area contributed by atoms with Crippen LogP contribution in [-0.2, 0) is 9.53 Å². The highest BCUT2D eigenvalue weighted by Crippen LogP contribution is 2.45. The van der Waals surface area contributed by atoms with Gasteiger partial charge < -0.3 is 15.0 Å². The highest BCUT2D eigenvalue weighted by molar-refractivity contribution is 6.30. The summed E-state index contributed by atoms with van der Waals surface area (Å²) < 4.78 is 5.54. The lowest BCUT2D eigenvalue weighted by Crippen LogP contribution is -2.42. The number of carbonyl (C=O) groups excluding carboxylic acids is 2. The van der Waals surface area contributed by atoms with E-state index in [9.17, 15) is 9.59 Å². The zero-order valence-electron chi connectivity index (χ0n) is 15.4. The number of nitrogens with zero attached hydrogens (tertiary/aromatic N) is 2. The van der Waals surface area contributed by atoms with Gasteiger partial charge in [0.05, 0.1) is 17.8 Å². The maximum atomic E-state index is 13.1. The maximum Gasteiger partial charge on any atom is 0.253 e.